The lowest BCUT2D eigenvalue weighted by Crippen LogP contribution is -2.56. The van der Waals surface area contributed by atoms with Crippen LogP contribution in [-0.4, -0.2) is 24.0 Å². The second kappa shape index (κ2) is 5.94. The molecule has 0 bridgehead atoms. The van der Waals surface area contributed by atoms with Crippen molar-refractivity contribution < 1.29 is 0 Å². The first-order chi connectivity index (χ1) is 9.00. The molecule has 4 unspecified atom stereocenters. The number of hydrogen-bond donors (Lipinski definition) is 1. The fourth-order valence-corrected chi connectivity index (χ4v) is 4.29. The average molecular weight is 280 g/mol. The van der Waals surface area contributed by atoms with Gasteiger partial charge in [0, 0.05) is 23.0 Å². The Kier molecular flexibility index (Phi) is 4.70. The number of rotatable bonds is 4. The van der Waals surface area contributed by atoms with Crippen LogP contribution in [0.3, 0.4) is 0 Å². The average Bonchev–Trinajstić information content (AvgIpc) is 2.94. The van der Waals surface area contributed by atoms with Crippen molar-refractivity contribution in [1.82, 2.24) is 4.90 Å². The van der Waals surface area contributed by atoms with E-state index < -0.39 is 0 Å². The minimum atomic E-state index is 0.190. The lowest BCUT2D eigenvalue weighted by Gasteiger charge is -2.50. The van der Waals surface area contributed by atoms with Crippen molar-refractivity contribution in [2.24, 2.45) is 17.6 Å². The zero-order valence-corrected chi connectivity index (χ0v) is 13.5. The largest absolute Gasteiger partial charge is 0.329 e. The van der Waals surface area contributed by atoms with Gasteiger partial charge < -0.3 is 5.73 Å². The number of hydrogen-bond acceptors (Lipinski definition) is 3. The zero-order valence-electron chi connectivity index (χ0n) is 12.7. The van der Waals surface area contributed by atoms with Gasteiger partial charge in [-0.1, -0.05) is 19.9 Å². The highest BCUT2D eigenvalue weighted by Gasteiger charge is 2.41. The molecule has 2 nitrogen and oxygen atoms in total. The van der Waals surface area contributed by atoms with Crippen LogP contribution in [0.1, 0.15) is 51.0 Å². The monoisotopic (exact) mass is 280 g/mol. The molecular formula is C16H28N2S. The SMILES string of the molecule is CC1CCC(CN)(N(C)C(C)c2cccs2)CC1C. The van der Waals surface area contributed by atoms with E-state index in [1.807, 2.05) is 11.3 Å². The number of nitrogens with two attached hydrogens (primary N) is 1. The van der Waals surface area contributed by atoms with Gasteiger partial charge in [-0.25, -0.2) is 0 Å². The molecule has 108 valence electrons. The van der Waals surface area contributed by atoms with E-state index in [4.69, 9.17) is 5.73 Å². The molecule has 2 rings (SSSR count). The molecule has 0 aromatic carbocycles. The van der Waals surface area contributed by atoms with Gasteiger partial charge >= 0.3 is 0 Å². The van der Waals surface area contributed by atoms with Crippen LogP contribution in [0.2, 0.25) is 0 Å². The van der Waals surface area contributed by atoms with Crippen LogP contribution in [0.4, 0.5) is 0 Å². The first-order valence-electron chi connectivity index (χ1n) is 7.46. The van der Waals surface area contributed by atoms with E-state index in [2.05, 4.69) is 50.2 Å². The minimum Gasteiger partial charge on any atom is -0.329 e. The van der Waals surface area contributed by atoms with Crippen LogP contribution >= 0.6 is 11.3 Å². The first kappa shape index (κ1) is 15.0. The molecule has 2 N–H and O–H groups in total. The Labute approximate surface area is 122 Å². The van der Waals surface area contributed by atoms with Crippen molar-refractivity contribution in [3.63, 3.8) is 0 Å². The quantitative estimate of drug-likeness (QED) is 0.906. The molecule has 1 saturated carbocycles. The molecule has 1 aromatic heterocycles. The Morgan fingerprint density at radius 3 is 2.74 bits per heavy atom. The van der Waals surface area contributed by atoms with Crippen molar-refractivity contribution in [3.8, 4) is 0 Å². The molecule has 1 aliphatic carbocycles. The third-order valence-corrected chi connectivity index (χ3v) is 6.45. The maximum absolute atomic E-state index is 6.20. The Morgan fingerprint density at radius 2 is 2.21 bits per heavy atom. The predicted molar refractivity (Wildman–Crippen MR) is 84.5 cm³/mol. The van der Waals surface area contributed by atoms with Gasteiger partial charge in [-0.05, 0) is 56.5 Å². The molecule has 3 heteroatoms. The topological polar surface area (TPSA) is 29.3 Å². The van der Waals surface area contributed by atoms with Gasteiger partial charge in [0.15, 0.2) is 0 Å². The third-order valence-electron chi connectivity index (χ3n) is 5.40. The highest BCUT2D eigenvalue weighted by Crippen LogP contribution is 2.42. The van der Waals surface area contributed by atoms with Gasteiger partial charge in [0.05, 0.1) is 0 Å². The second-order valence-electron chi connectivity index (χ2n) is 6.43. The molecule has 1 fully saturated rings. The highest BCUT2D eigenvalue weighted by molar-refractivity contribution is 7.10. The van der Waals surface area contributed by atoms with Crippen LogP contribution in [0.25, 0.3) is 0 Å². The summed E-state index contributed by atoms with van der Waals surface area (Å²) in [5.74, 6) is 1.61. The Morgan fingerprint density at radius 1 is 1.47 bits per heavy atom. The summed E-state index contributed by atoms with van der Waals surface area (Å²) >= 11 is 1.85. The van der Waals surface area contributed by atoms with Crippen LogP contribution < -0.4 is 5.73 Å². The summed E-state index contributed by atoms with van der Waals surface area (Å²) < 4.78 is 0. The van der Waals surface area contributed by atoms with E-state index >= 15 is 0 Å². The second-order valence-corrected chi connectivity index (χ2v) is 7.41. The summed E-state index contributed by atoms with van der Waals surface area (Å²) in [5, 5.41) is 2.17. The molecule has 0 amide bonds. The highest BCUT2D eigenvalue weighted by atomic mass is 32.1. The summed E-state index contributed by atoms with van der Waals surface area (Å²) in [6.45, 7) is 7.86. The zero-order chi connectivity index (χ0) is 14.0. The molecule has 0 radical (unpaired) electrons. The fourth-order valence-electron chi connectivity index (χ4n) is 3.46. The summed E-state index contributed by atoms with van der Waals surface area (Å²) in [6, 6.07) is 4.85. The molecule has 4 atom stereocenters. The van der Waals surface area contributed by atoms with Crippen LogP contribution in [-0.2, 0) is 0 Å². The van der Waals surface area contributed by atoms with Gasteiger partial charge in [-0.3, -0.25) is 4.90 Å². The van der Waals surface area contributed by atoms with E-state index in [-0.39, 0.29) is 5.54 Å². The van der Waals surface area contributed by atoms with Crippen molar-refractivity contribution in [2.75, 3.05) is 13.6 Å². The van der Waals surface area contributed by atoms with Gasteiger partial charge in [0.1, 0.15) is 0 Å². The van der Waals surface area contributed by atoms with Crippen LogP contribution in [0.5, 0.6) is 0 Å². The lowest BCUT2D eigenvalue weighted by atomic mass is 9.70. The smallest absolute Gasteiger partial charge is 0.0416 e. The summed E-state index contributed by atoms with van der Waals surface area (Å²) in [7, 11) is 2.26. The van der Waals surface area contributed by atoms with Gasteiger partial charge in [0.25, 0.3) is 0 Å². The van der Waals surface area contributed by atoms with E-state index in [0.717, 1.165) is 18.4 Å². The van der Waals surface area contributed by atoms with E-state index in [1.165, 1.54) is 24.1 Å². The van der Waals surface area contributed by atoms with Crippen LogP contribution in [0.15, 0.2) is 17.5 Å². The van der Waals surface area contributed by atoms with Crippen LogP contribution in [0, 0.1) is 11.8 Å². The maximum atomic E-state index is 6.20. The van der Waals surface area contributed by atoms with Gasteiger partial charge in [0.2, 0.25) is 0 Å². The maximum Gasteiger partial charge on any atom is 0.0416 e. The van der Waals surface area contributed by atoms with Crippen molar-refractivity contribution in [2.45, 2.75) is 51.6 Å². The molecule has 0 spiro atoms. The standard InChI is InChI=1S/C16H28N2S/c1-12-7-8-16(11-17,10-13(12)2)18(4)14(3)15-6-5-9-19-15/h5-6,9,12-14H,7-8,10-11,17H2,1-4H3. The van der Waals surface area contributed by atoms with Crippen molar-refractivity contribution >= 4 is 11.3 Å². The fraction of sp³-hybridized carbons (Fsp3) is 0.750. The number of likely N-dealkylation sites (N-methyl/N-ethyl adjacent to an activating group) is 1. The molecule has 1 aliphatic rings. The number of thiophene rings is 1. The normalized spacial score (nSPS) is 33.6. The molecule has 0 aliphatic heterocycles. The predicted octanol–water partition coefficient (Wildman–Crippen LogP) is 3.89. The van der Waals surface area contributed by atoms with Gasteiger partial charge in [-0.15, -0.1) is 11.3 Å². The number of nitrogens with zero attached hydrogens (tertiary/aromatic N) is 1. The summed E-state index contributed by atoms with van der Waals surface area (Å²) in [6.07, 6.45) is 3.78. The van der Waals surface area contributed by atoms with Crippen molar-refractivity contribution in [3.05, 3.63) is 22.4 Å². The first-order valence-corrected chi connectivity index (χ1v) is 8.34. The summed E-state index contributed by atoms with van der Waals surface area (Å²) in [5.41, 5.74) is 6.39. The Bertz CT molecular complexity index is 389. The lowest BCUT2D eigenvalue weighted by molar-refractivity contribution is 0.0158. The molecule has 1 heterocycles. The van der Waals surface area contributed by atoms with E-state index in [9.17, 15) is 0 Å². The molecule has 0 saturated heterocycles. The van der Waals surface area contributed by atoms with Gasteiger partial charge in [-0.2, -0.15) is 0 Å². The Balaban J connectivity index is 2.16. The molecular weight excluding hydrogens is 252 g/mol. The molecule has 1 aromatic rings. The Hall–Kier alpha value is -0.380. The van der Waals surface area contributed by atoms with E-state index in [0.29, 0.717) is 6.04 Å². The summed E-state index contributed by atoms with van der Waals surface area (Å²) in [4.78, 5) is 3.99. The third kappa shape index (κ3) is 2.88. The molecule has 19 heavy (non-hydrogen) atoms. The minimum absolute atomic E-state index is 0.190. The van der Waals surface area contributed by atoms with Crippen molar-refractivity contribution in [1.29, 1.82) is 0 Å². The van der Waals surface area contributed by atoms with E-state index in [1.54, 1.807) is 0 Å².